The summed E-state index contributed by atoms with van der Waals surface area (Å²) in [5, 5.41) is 0. The van der Waals surface area contributed by atoms with Crippen LogP contribution in [0.3, 0.4) is 0 Å². The number of pyridine rings is 1. The van der Waals surface area contributed by atoms with Gasteiger partial charge in [0, 0.05) is 22.1 Å². The van der Waals surface area contributed by atoms with Crippen molar-refractivity contribution in [1.29, 1.82) is 0 Å². The number of hydrogen-bond donors (Lipinski definition) is 0. The van der Waals surface area contributed by atoms with Gasteiger partial charge in [0.05, 0.1) is 16.8 Å². The summed E-state index contributed by atoms with van der Waals surface area (Å²) in [5.41, 5.74) is 20.1. The van der Waals surface area contributed by atoms with Crippen molar-refractivity contribution in [3.05, 3.63) is 258 Å². The van der Waals surface area contributed by atoms with Gasteiger partial charge in [0.2, 0.25) is 0 Å². The van der Waals surface area contributed by atoms with Crippen LogP contribution in [-0.4, -0.2) is 4.98 Å². The first-order chi connectivity index (χ1) is 32.4. The van der Waals surface area contributed by atoms with Gasteiger partial charge >= 0.3 is 0 Å². The van der Waals surface area contributed by atoms with Gasteiger partial charge < -0.3 is 9.47 Å². The average Bonchev–Trinajstić information content (AvgIpc) is 3.82. The van der Waals surface area contributed by atoms with Gasteiger partial charge in [-0.15, -0.1) is 0 Å². The summed E-state index contributed by atoms with van der Waals surface area (Å²) in [7, 11) is 0. The van der Waals surface area contributed by atoms with Crippen molar-refractivity contribution in [2.75, 3.05) is 0 Å². The Bertz CT molecular complexity index is 3520. The van der Waals surface area contributed by atoms with E-state index < -0.39 is 5.41 Å². The Morgan fingerprint density at radius 1 is 0.333 bits per heavy atom. The van der Waals surface area contributed by atoms with E-state index in [0.29, 0.717) is 17.2 Å². The molecule has 0 amide bonds. The van der Waals surface area contributed by atoms with Crippen LogP contribution >= 0.6 is 0 Å². The van der Waals surface area contributed by atoms with Gasteiger partial charge in [-0.25, -0.2) is 4.98 Å². The number of benzene rings is 9. The van der Waals surface area contributed by atoms with Crippen LogP contribution in [0, 0.1) is 0 Å². The first-order valence-corrected chi connectivity index (χ1v) is 22.8. The molecule has 0 spiro atoms. The van der Waals surface area contributed by atoms with Gasteiger partial charge in [0.15, 0.2) is 23.0 Å². The molecule has 0 unspecified atom stereocenters. The van der Waals surface area contributed by atoms with E-state index in [1.807, 2.05) is 6.07 Å². The SMILES string of the molecule is CC1(C)c2ccccc2-c2ccc(-c3cc(-c4cccc(-c5ccc6c(c5)Oc5c(ccc7c5-c5ccccc5C7(c5ccccc5)c5ccccc5)O6)c4)cc(-c4ccccc4)n3)cc21. The van der Waals surface area contributed by atoms with Gasteiger partial charge in [-0.1, -0.05) is 196 Å². The molecule has 0 N–H and O–H groups in total. The van der Waals surface area contributed by atoms with Gasteiger partial charge in [0.1, 0.15) is 0 Å². The van der Waals surface area contributed by atoms with E-state index in [-0.39, 0.29) is 5.41 Å². The zero-order valence-corrected chi connectivity index (χ0v) is 36.6. The molecule has 0 saturated heterocycles. The predicted molar refractivity (Wildman–Crippen MR) is 267 cm³/mol. The molecule has 66 heavy (non-hydrogen) atoms. The highest BCUT2D eigenvalue weighted by molar-refractivity contribution is 5.92. The monoisotopic (exact) mass is 845 g/mol. The van der Waals surface area contributed by atoms with Crippen LogP contribution in [0.15, 0.2) is 224 Å². The maximum atomic E-state index is 7.08. The predicted octanol–water partition coefficient (Wildman–Crippen LogP) is 16.3. The summed E-state index contributed by atoms with van der Waals surface area (Å²) in [5.74, 6) is 2.83. The summed E-state index contributed by atoms with van der Waals surface area (Å²) in [6, 6.07) is 80.5. The Morgan fingerprint density at radius 3 is 1.64 bits per heavy atom. The quantitative estimate of drug-likeness (QED) is 0.167. The van der Waals surface area contributed by atoms with E-state index in [2.05, 4.69) is 232 Å². The highest BCUT2D eigenvalue weighted by atomic mass is 16.6. The molecule has 0 atom stereocenters. The Morgan fingerprint density at radius 2 is 0.894 bits per heavy atom. The molecule has 0 fully saturated rings. The third-order valence-electron chi connectivity index (χ3n) is 14.2. The molecule has 0 saturated carbocycles. The summed E-state index contributed by atoms with van der Waals surface area (Å²) < 4.78 is 13.8. The molecule has 3 nitrogen and oxygen atoms in total. The van der Waals surface area contributed by atoms with E-state index in [4.69, 9.17) is 14.5 Å². The first-order valence-electron chi connectivity index (χ1n) is 22.8. The van der Waals surface area contributed by atoms with E-state index in [9.17, 15) is 0 Å². The average molecular weight is 846 g/mol. The molecular weight excluding hydrogens is 803 g/mol. The second-order valence-electron chi connectivity index (χ2n) is 18.2. The molecule has 0 radical (unpaired) electrons. The number of ether oxygens (including phenoxy) is 2. The minimum absolute atomic E-state index is 0.110. The minimum Gasteiger partial charge on any atom is -0.449 e. The molecule has 3 aliphatic rings. The van der Waals surface area contributed by atoms with Gasteiger partial charge in [0.25, 0.3) is 0 Å². The number of hydrogen-bond acceptors (Lipinski definition) is 3. The molecule has 0 bridgehead atoms. The number of nitrogens with zero attached hydrogens (tertiary/aromatic N) is 1. The van der Waals surface area contributed by atoms with Gasteiger partial charge in [-0.3, -0.25) is 0 Å². The van der Waals surface area contributed by atoms with Crippen molar-refractivity contribution in [2.24, 2.45) is 0 Å². The number of fused-ring (bicyclic) bond motifs is 9. The van der Waals surface area contributed by atoms with E-state index in [1.165, 1.54) is 44.5 Å². The van der Waals surface area contributed by atoms with E-state index in [0.717, 1.165) is 61.6 Å². The van der Waals surface area contributed by atoms with Crippen LogP contribution in [0.2, 0.25) is 0 Å². The van der Waals surface area contributed by atoms with Crippen molar-refractivity contribution >= 4 is 0 Å². The minimum atomic E-state index is -0.536. The number of rotatable bonds is 6. The molecule has 9 aromatic carbocycles. The van der Waals surface area contributed by atoms with Gasteiger partial charge in [-0.2, -0.15) is 0 Å². The third kappa shape index (κ3) is 5.73. The fraction of sp³-hybridized carbons (Fsp3) is 0.0635. The maximum Gasteiger partial charge on any atom is 0.178 e. The zero-order chi connectivity index (χ0) is 44.0. The normalized spacial score (nSPS) is 14.1. The third-order valence-corrected chi connectivity index (χ3v) is 14.2. The van der Waals surface area contributed by atoms with Crippen LogP contribution in [0.5, 0.6) is 23.0 Å². The highest BCUT2D eigenvalue weighted by Crippen LogP contribution is 2.62. The second kappa shape index (κ2) is 14.6. The Kier molecular flexibility index (Phi) is 8.47. The van der Waals surface area contributed by atoms with Crippen LogP contribution in [0.25, 0.3) is 67.0 Å². The molecule has 312 valence electrons. The Labute approximate surface area is 385 Å². The molecule has 1 aromatic heterocycles. The van der Waals surface area contributed by atoms with Crippen LogP contribution < -0.4 is 9.47 Å². The van der Waals surface area contributed by atoms with Crippen molar-refractivity contribution in [3.63, 3.8) is 0 Å². The topological polar surface area (TPSA) is 31.4 Å². The molecule has 1 aliphatic heterocycles. The maximum absolute atomic E-state index is 7.08. The first kappa shape index (κ1) is 38.2. The lowest BCUT2D eigenvalue weighted by Crippen LogP contribution is -2.28. The molecule has 3 heteroatoms. The summed E-state index contributed by atoms with van der Waals surface area (Å²) in [4.78, 5) is 5.32. The zero-order valence-electron chi connectivity index (χ0n) is 36.6. The standard InChI is InChI=1S/C63H43NO2/c1-62(2)51-27-14-12-25-48(51)49-31-29-44(36-54(49)62)56-38-45(37-55(64-56)40-17-6-3-7-18-40)42-20-16-19-41(35-42)43-30-33-57-59(39-43)66-61-58(65-57)34-32-53-60(61)50-26-13-15-28-52(50)63(53,46-21-8-4-9-22-46)47-23-10-5-11-24-47/h3-39H,1-2H3. The smallest absolute Gasteiger partial charge is 0.178 e. The molecule has 2 aliphatic carbocycles. The van der Waals surface area contributed by atoms with Crippen LogP contribution in [0.4, 0.5) is 0 Å². The lowest BCUT2D eigenvalue weighted by molar-refractivity contribution is 0.360. The van der Waals surface area contributed by atoms with Crippen molar-refractivity contribution in [1.82, 2.24) is 4.98 Å². The fourth-order valence-electron chi connectivity index (χ4n) is 11.1. The Hall–Kier alpha value is -8.27. The lowest BCUT2D eigenvalue weighted by Gasteiger charge is -2.34. The fourth-order valence-corrected chi connectivity index (χ4v) is 11.1. The highest BCUT2D eigenvalue weighted by Gasteiger charge is 2.48. The van der Waals surface area contributed by atoms with E-state index in [1.54, 1.807) is 0 Å². The van der Waals surface area contributed by atoms with Gasteiger partial charge in [-0.05, 0) is 115 Å². The van der Waals surface area contributed by atoms with E-state index >= 15 is 0 Å². The summed E-state index contributed by atoms with van der Waals surface area (Å²) in [6.07, 6.45) is 0. The molecule has 10 aromatic rings. The Balaban J connectivity index is 0.897. The molecular formula is C63H43NO2. The summed E-state index contributed by atoms with van der Waals surface area (Å²) in [6.45, 7) is 4.66. The van der Waals surface area contributed by atoms with Crippen LogP contribution in [0.1, 0.15) is 47.2 Å². The molecule has 2 heterocycles. The van der Waals surface area contributed by atoms with Crippen LogP contribution in [-0.2, 0) is 10.8 Å². The second-order valence-corrected chi connectivity index (χ2v) is 18.2. The molecule has 13 rings (SSSR count). The largest absolute Gasteiger partial charge is 0.449 e. The van der Waals surface area contributed by atoms with Crippen molar-refractivity contribution in [2.45, 2.75) is 24.7 Å². The van der Waals surface area contributed by atoms with Crippen molar-refractivity contribution in [3.8, 4) is 90.0 Å². The van der Waals surface area contributed by atoms with Crippen molar-refractivity contribution < 1.29 is 9.47 Å². The number of aromatic nitrogens is 1. The lowest BCUT2D eigenvalue weighted by atomic mass is 9.68. The summed E-state index contributed by atoms with van der Waals surface area (Å²) >= 11 is 0.